The highest BCUT2D eigenvalue weighted by molar-refractivity contribution is 7.18. The van der Waals surface area contributed by atoms with Gasteiger partial charge in [0.25, 0.3) is 0 Å². The van der Waals surface area contributed by atoms with Crippen molar-refractivity contribution in [3.05, 3.63) is 95.8 Å². The summed E-state index contributed by atoms with van der Waals surface area (Å²) in [6.07, 6.45) is 1.72. The van der Waals surface area contributed by atoms with Gasteiger partial charge in [0.1, 0.15) is 11.6 Å². The van der Waals surface area contributed by atoms with Crippen LogP contribution in [0.4, 0.5) is 26.4 Å². The number of urea groups is 1. The SMILES string of the molecule is NCc1cccc(N(C(N)=O)c2ccc(-c3csc4c(-c5ccc(F)cc5)cnc(N)c34)cc2)c1. The predicted molar refractivity (Wildman–Crippen MR) is 141 cm³/mol. The van der Waals surface area contributed by atoms with Crippen LogP contribution in [-0.2, 0) is 6.54 Å². The van der Waals surface area contributed by atoms with Crippen molar-refractivity contribution in [1.29, 1.82) is 0 Å². The minimum absolute atomic E-state index is 0.292. The van der Waals surface area contributed by atoms with Gasteiger partial charge in [-0.25, -0.2) is 14.2 Å². The molecular formula is C27H22FN5OS. The summed E-state index contributed by atoms with van der Waals surface area (Å²) in [4.78, 5) is 18.1. The molecule has 0 atom stereocenters. The molecule has 6 nitrogen and oxygen atoms in total. The number of hydrogen-bond acceptors (Lipinski definition) is 5. The number of hydrogen-bond donors (Lipinski definition) is 3. The maximum atomic E-state index is 13.4. The smallest absolute Gasteiger partial charge is 0.323 e. The molecule has 0 saturated carbocycles. The summed E-state index contributed by atoms with van der Waals surface area (Å²) in [5.41, 5.74) is 23.5. The number of halogens is 1. The second-order valence-corrected chi connectivity index (χ2v) is 8.89. The lowest BCUT2D eigenvalue weighted by Crippen LogP contribution is -2.31. The van der Waals surface area contributed by atoms with Crippen LogP contribution in [0.2, 0.25) is 0 Å². The third-order valence-electron chi connectivity index (χ3n) is 5.84. The standard InChI is InChI=1S/C27H22FN5OS/c28-19-8-4-17(5-9-19)22-14-32-26(30)24-23(15-35-25(22)24)18-6-10-20(11-7-18)33(27(31)34)21-3-1-2-16(12-21)13-29/h1-12,14-15H,13,29H2,(H2,30,32)(H2,31,34). The molecule has 35 heavy (non-hydrogen) atoms. The van der Waals surface area contributed by atoms with E-state index in [-0.39, 0.29) is 5.82 Å². The molecular weight excluding hydrogens is 461 g/mol. The molecule has 3 aromatic carbocycles. The zero-order valence-corrected chi connectivity index (χ0v) is 19.4. The third-order valence-corrected chi connectivity index (χ3v) is 6.85. The van der Waals surface area contributed by atoms with Gasteiger partial charge in [-0.2, -0.15) is 0 Å². The van der Waals surface area contributed by atoms with Gasteiger partial charge < -0.3 is 17.2 Å². The molecule has 174 valence electrons. The van der Waals surface area contributed by atoms with E-state index in [0.29, 0.717) is 23.7 Å². The van der Waals surface area contributed by atoms with Crippen molar-refractivity contribution in [3.63, 3.8) is 0 Å². The summed E-state index contributed by atoms with van der Waals surface area (Å²) in [6.45, 7) is 0.361. The lowest BCUT2D eigenvalue weighted by atomic mass is 10.0. The van der Waals surface area contributed by atoms with Crippen molar-refractivity contribution >= 4 is 44.6 Å². The molecule has 2 aromatic heterocycles. The number of primary amides is 1. The van der Waals surface area contributed by atoms with E-state index in [1.165, 1.54) is 17.0 Å². The van der Waals surface area contributed by atoms with E-state index in [0.717, 1.165) is 37.9 Å². The number of fused-ring (bicyclic) bond motifs is 1. The van der Waals surface area contributed by atoms with Crippen LogP contribution in [0.15, 0.2) is 84.4 Å². The normalized spacial score (nSPS) is 11.0. The minimum Gasteiger partial charge on any atom is -0.383 e. The first-order valence-corrected chi connectivity index (χ1v) is 11.7. The minimum atomic E-state index is -0.592. The second-order valence-electron chi connectivity index (χ2n) is 8.01. The Morgan fingerprint density at radius 2 is 1.63 bits per heavy atom. The number of nitrogen functional groups attached to an aromatic ring is 1. The van der Waals surface area contributed by atoms with E-state index in [1.54, 1.807) is 29.7 Å². The first kappa shape index (κ1) is 22.5. The van der Waals surface area contributed by atoms with Gasteiger partial charge in [0.05, 0.1) is 11.4 Å². The Labute approximate surface area is 205 Å². The fraction of sp³-hybridized carbons (Fsp3) is 0.0370. The predicted octanol–water partition coefficient (Wildman–Crippen LogP) is 6.03. The monoisotopic (exact) mass is 483 g/mol. The topological polar surface area (TPSA) is 111 Å². The van der Waals surface area contributed by atoms with Crippen molar-refractivity contribution < 1.29 is 9.18 Å². The average Bonchev–Trinajstić information content (AvgIpc) is 3.32. The molecule has 5 aromatic rings. The number of carbonyl (C=O) groups is 1. The molecule has 2 amide bonds. The van der Waals surface area contributed by atoms with E-state index in [4.69, 9.17) is 17.2 Å². The highest BCUT2D eigenvalue weighted by atomic mass is 32.1. The van der Waals surface area contributed by atoms with Gasteiger partial charge in [0, 0.05) is 34.0 Å². The van der Waals surface area contributed by atoms with Crippen LogP contribution in [0.1, 0.15) is 5.56 Å². The highest BCUT2D eigenvalue weighted by Crippen LogP contribution is 2.42. The molecule has 0 aliphatic rings. The first-order valence-electron chi connectivity index (χ1n) is 10.9. The molecule has 8 heteroatoms. The number of carbonyl (C=O) groups excluding carboxylic acids is 1. The number of rotatable bonds is 5. The third kappa shape index (κ3) is 4.21. The average molecular weight is 484 g/mol. The zero-order chi connectivity index (χ0) is 24.5. The molecule has 5 rings (SSSR count). The molecule has 0 aliphatic carbocycles. The number of amides is 2. The summed E-state index contributed by atoms with van der Waals surface area (Å²) in [5.74, 6) is 0.128. The van der Waals surface area contributed by atoms with Crippen LogP contribution >= 0.6 is 11.3 Å². The number of thiophene rings is 1. The van der Waals surface area contributed by atoms with Crippen molar-refractivity contribution in [1.82, 2.24) is 4.98 Å². The number of nitrogens with two attached hydrogens (primary N) is 3. The molecule has 2 heterocycles. The molecule has 0 spiro atoms. The maximum Gasteiger partial charge on any atom is 0.323 e. The summed E-state index contributed by atoms with van der Waals surface area (Å²) < 4.78 is 14.4. The van der Waals surface area contributed by atoms with E-state index < -0.39 is 6.03 Å². The van der Waals surface area contributed by atoms with Gasteiger partial charge in [-0.15, -0.1) is 11.3 Å². The Bertz CT molecular complexity index is 1530. The molecule has 0 bridgehead atoms. The van der Waals surface area contributed by atoms with Crippen molar-refractivity contribution in [2.45, 2.75) is 6.54 Å². The van der Waals surface area contributed by atoms with Crippen LogP contribution in [0.3, 0.4) is 0 Å². The summed E-state index contributed by atoms with van der Waals surface area (Å²) >= 11 is 1.55. The second kappa shape index (κ2) is 9.17. The van der Waals surface area contributed by atoms with Crippen molar-refractivity contribution in [3.8, 4) is 22.3 Å². The van der Waals surface area contributed by atoms with Gasteiger partial charge in [0.15, 0.2) is 0 Å². The molecule has 0 fully saturated rings. The molecule has 0 unspecified atom stereocenters. The Morgan fingerprint density at radius 1 is 0.943 bits per heavy atom. The summed E-state index contributed by atoms with van der Waals surface area (Å²) in [5, 5.41) is 2.87. The van der Waals surface area contributed by atoms with Crippen molar-refractivity contribution in [2.75, 3.05) is 10.6 Å². The van der Waals surface area contributed by atoms with E-state index in [2.05, 4.69) is 4.98 Å². The first-order chi connectivity index (χ1) is 17.0. The number of aromatic nitrogens is 1. The van der Waals surface area contributed by atoms with Crippen LogP contribution in [0.5, 0.6) is 0 Å². The van der Waals surface area contributed by atoms with Gasteiger partial charge in [-0.3, -0.25) is 4.90 Å². The Kier molecular flexibility index (Phi) is 5.90. The zero-order valence-electron chi connectivity index (χ0n) is 18.6. The molecule has 0 saturated heterocycles. The van der Waals surface area contributed by atoms with Crippen LogP contribution in [0.25, 0.3) is 32.3 Å². The van der Waals surface area contributed by atoms with Gasteiger partial charge in [-0.05, 0) is 58.5 Å². The quantitative estimate of drug-likeness (QED) is 0.283. The van der Waals surface area contributed by atoms with E-state index in [9.17, 15) is 9.18 Å². The molecule has 0 aliphatic heterocycles. The fourth-order valence-corrected chi connectivity index (χ4v) is 5.25. The highest BCUT2D eigenvalue weighted by Gasteiger charge is 2.18. The van der Waals surface area contributed by atoms with Crippen LogP contribution in [-0.4, -0.2) is 11.0 Å². The fourth-order valence-electron chi connectivity index (χ4n) is 4.13. The number of anilines is 3. The van der Waals surface area contributed by atoms with Gasteiger partial charge in [-0.1, -0.05) is 36.4 Å². The molecule has 6 N–H and O–H groups in total. The summed E-state index contributed by atoms with van der Waals surface area (Å²) in [6, 6.07) is 20.6. The van der Waals surface area contributed by atoms with Crippen LogP contribution < -0.4 is 22.1 Å². The Balaban J connectivity index is 1.55. The largest absolute Gasteiger partial charge is 0.383 e. The van der Waals surface area contributed by atoms with Gasteiger partial charge >= 0.3 is 6.03 Å². The van der Waals surface area contributed by atoms with E-state index >= 15 is 0 Å². The summed E-state index contributed by atoms with van der Waals surface area (Å²) in [7, 11) is 0. The maximum absolute atomic E-state index is 13.4. The number of pyridine rings is 1. The Hall–Kier alpha value is -4.27. The molecule has 0 radical (unpaired) electrons. The number of benzene rings is 3. The number of nitrogens with zero attached hydrogens (tertiary/aromatic N) is 2. The lowest BCUT2D eigenvalue weighted by Gasteiger charge is -2.21. The van der Waals surface area contributed by atoms with Gasteiger partial charge in [0.2, 0.25) is 0 Å². The van der Waals surface area contributed by atoms with Crippen molar-refractivity contribution in [2.24, 2.45) is 11.5 Å². The Morgan fingerprint density at radius 3 is 2.31 bits per heavy atom. The lowest BCUT2D eigenvalue weighted by molar-refractivity contribution is 0.256. The van der Waals surface area contributed by atoms with E-state index in [1.807, 2.05) is 53.9 Å². The van der Waals surface area contributed by atoms with Crippen LogP contribution in [0, 0.1) is 5.82 Å².